The molecule has 0 saturated carbocycles. The molecule has 0 aromatic heterocycles. The minimum atomic E-state index is 0.656. The van der Waals surface area contributed by atoms with Crippen LogP contribution in [-0.4, -0.2) is 0 Å². The zero-order valence-electron chi connectivity index (χ0n) is 10.1. The van der Waals surface area contributed by atoms with Gasteiger partial charge in [-0.2, -0.15) is 0 Å². The highest BCUT2D eigenvalue weighted by molar-refractivity contribution is 5.75. The molecule has 0 radical (unpaired) electrons. The van der Waals surface area contributed by atoms with Crippen LogP contribution in [0, 0.1) is 13.8 Å². The highest BCUT2D eigenvalue weighted by Crippen LogP contribution is 2.25. The van der Waals surface area contributed by atoms with Gasteiger partial charge in [-0.1, -0.05) is 6.07 Å². The van der Waals surface area contributed by atoms with Crippen LogP contribution in [0.1, 0.15) is 11.1 Å². The van der Waals surface area contributed by atoms with Crippen molar-refractivity contribution >= 4 is 22.7 Å². The normalized spacial score (nSPS) is 10.2. The summed E-state index contributed by atoms with van der Waals surface area (Å²) >= 11 is 0. The van der Waals surface area contributed by atoms with Crippen molar-refractivity contribution in [1.29, 1.82) is 0 Å². The van der Waals surface area contributed by atoms with E-state index in [4.69, 9.17) is 11.5 Å². The van der Waals surface area contributed by atoms with Crippen LogP contribution >= 0.6 is 0 Å². The molecule has 3 heteroatoms. The van der Waals surface area contributed by atoms with Crippen molar-refractivity contribution in [1.82, 2.24) is 0 Å². The van der Waals surface area contributed by atoms with E-state index in [2.05, 4.69) is 31.3 Å². The van der Waals surface area contributed by atoms with Gasteiger partial charge in [0.2, 0.25) is 0 Å². The zero-order valence-corrected chi connectivity index (χ0v) is 10.1. The van der Waals surface area contributed by atoms with Gasteiger partial charge in [-0.25, -0.2) is 0 Å². The standard InChI is InChI=1S/C14H17N3/c1-9-3-5-12(7-10(9)2)17-14-6-4-11(15)8-13(14)16/h3-8,17H,15-16H2,1-2H3. The second-order valence-electron chi connectivity index (χ2n) is 4.27. The molecule has 0 atom stereocenters. The van der Waals surface area contributed by atoms with Crippen LogP contribution in [0.4, 0.5) is 22.7 Å². The molecule has 17 heavy (non-hydrogen) atoms. The molecule has 0 spiro atoms. The molecule has 0 aliphatic heterocycles. The van der Waals surface area contributed by atoms with Crippen molar-refractivity contribution in [2.75, 3.05) is 16.8 Å². The Labute approximate surface area is 101 Å². The minimum absolute atomic E-state index is 0.656. The summed E-state index contributed by atoms with van der Waals surface area (Å²) < 4.78 is 0. The third-order valence-corrected chi connectivity index (χ3v) is 2.86. The maximum atomic E-state index is 5.89. The van der Waals surface area contributed by atoms with Gasteiger partial charge in [-0.15, -0.1) is 0 Å². The molecule has 0 saturated heterocycles. The lowest BCUT2D eigenvalue weighted by atomic mass is 10.1. The lowest BCUT2D eigenvalue weighted by molar-refractivity contribution is 1.34. The Bertz CT molecular complexity index is 547. The zero-order chi connectivity index (χ0) is 12.4. The smallest absolute Gasteiger partial charge is 0.0619 e. The average Bonchev–Trinajstić information content (AvgIpc) is 2.27. The van der Waals surface area contributed by atoms with Gasteiger partial charge in [0.05, 0.1) is 11.4 Å². The molecule has 0 fully saturated rings. The van der Waals surface area contributed by atoms with Crippen LogP contribution in [0.15, 0.2) is 36.4 Å². The molecule has 0 heterocycles. The number of nitrogen functional groups attached to an aromatic ring is 2. The quantitative estimate of drug-likeness (QED) is 0.690. The number of hydrogen-bond acceptors (Lipinski definition) is 3. The molecule has 3 nitrogen and oxygen atoms in total. The highest BCUT2D eigenvalue weighted by atomic mass is 14.9. The number of rotatable bonds is 2. The van der Waals surface area contributed by atoms with Crippen molar-refractivity contribution in [3.63, 3.8) is 0 Å². The highest BCUT2D eigenvalue weighted by Gasteiger charge is 2.01. The van der Waals surface area contributed by atoms with E-state index in [0.29, 0.717) is 11.4 Å². The topological polar surface area (TPSA) is 64.1 Å². The van der Waals surface area contributed by atoms with E-state index in [9.17, 15) is 0 Å². The third kappa shape index (κ3) is 2.50. The molecule has 0 amide bonds. The summed E-state index contributed by atoms with van der Waals surface area (Å²) in [7, 11) is 0. The maximum Gasteiger partial charge on any atom is 0.0619 e. The lowest BCUT2D eigenvalue weighted by Crippen LogP contribution is -1.98. The van der Waals surface area contributed by atoms with Gasteiger partial charge < -0.3 is 16.8 Å². The van der Waals surface area contributed by atoms with E-state index in [-0.39, 0.29) is 0 Å². The lowest BCUT2D eigenvalue weighted by Gasteiger charge is -2.11. The van der Waals surface area contributed by atoms with E-state index >= 15 is 0 Å². The van der Waals surface area contributed by atoms with Crippen molar-refractivity contribution < 1.29 is 0 Å². The second kappa shape index (κ2) is 4.37. The van der Waals surface area contributed by atoms with E-state index in [1.54, 1.807) is 6.07 Å². The van der Waals surface area contributed by atoms with E-state index in [0.717, 1.165) is 11.4 Å². The molecule has 0 unspecified atom stereocenters. The summed E-state index contributed by atoms with van der Waals surface area (Å²) in [4.78, 5) is 0. The third-order valence-electron chi connectivity index (χ3n) is 2.86. The summed E-state index contributed by atoms with van der Waals surface area (Å²) in [6.45, 7) is 4.18. The van der Waals surface area contributed by atoms with Crippen LogP contribution in [0.2, 0.25) is 0 Å². The van der Waals surface area contributed by atoms with E-state index in [1.165, 1.54) is 11.1 Å². The molecule has 0 bridgehead atoms. The maximum absolute atomic E-state index is 5.89. The Morgan fingerprint density at radius 2 is 1.65 bits per heavy atom. The number of benzene rings is 2. The van der Waals surface area contributed by atoms with Crippen LogP contribution < -0.4 is 16.8 Å². The molecule has 88 valence electrons. The van der Waals surface area contributed by atoms with Gasteiger partial charge in [0.1, 0.15) is 0 Å². The molecule has 5 N–H and O–H groups in total. The van der Waals surface area contributed by atoms with Gasteiger partial charge in [-0.05, 0) is 55.3 Å². The van der Waals surface area contributed by atoms with Crippen molar-refractivity contribution in [2.45, 2.75) is 13.8 Å². The first kappa shape index (κ1) is 11.3. The second-order valence-corrected chi connectivity index (χ2v) is 4.27. The average molecular weight is 227 g/mol. The SMILES string of the molecule is Cc1ccc(Nc2ccc(N)cc2N)cc1C. The number of nitrogens with one attached hydrogen (secondary N) is 1. The number of nitrogens with two attached hydrogens (primary N) is 2. The van der Waals surface area contributed by atoms with Crippen molar-refractivity contribution in [3.05, 3.63) is 47.5 Å². The predicted molar refractivity (Wildman–Crippen MR) is 74.5 cm³/mol. The Kier molecular flexibility index (Phi) is 2.91. The summed E-state index contributed by atoms with van der Waals surface area (Å²) in [5, 5.41) is 3.29. The molecule has 2 rings (SSSR count). The minimum Gasteiger partial charge on any atom is -0.399 e. The Balaban J connectivity index is 2.28. The van der Waals surface area contributed by atoms with E-state index in [1.807, 2.05) is 18.2 Å². The van der Waals surface area contributed by atoms with Gasteiger partial charge in [0, 0.05) is 11.4 Å². The Morgan fingerprint density at radius 1 is 0.882 bits per heavy atom. The van der Waals surface area contributed by atoms with Gasteiger partial charge in [0.15, 0.2) is 0 Å². The molecule has 2 aromatic carbocycles. The van der Waals surface area contributed by atoms with Gasteiger partial charge in [-0.3, -0.25) is 0 Å². The van der Waals surface area contributed by atoms with Crippen LogP contribution in [0.3, 0.4) is 0 Å². The first-order valence-electron chi connectivity index (χ1n) is 5.55. The van der Waals surface area contributed by atoms with Crippen molar-refractivity contribution in [2.24, 2.45) is 0 Å². The molecule has 0 aliphatic rings. The van der Waals surface area contributed by atoms with Crippen LogP contribution in [0.25, 0.3) is 0 Å². The van der Waals surface area contributed by atoms with Gasteiger partial charge >= 0.3 is 0 Å². The number of aryl methyl sites for hydroxylation is 2. The fraction of sp³-hybridized carbons (Fsp3) is 0.143. The Hall–Kier alpha value is -2.16. The van der Waals surface area contributed by atoms with Crippen molar-refractivity contribution in [3.8, 4) is 0 Å². The van der Waals surface area contributed by atoms with E-state index < -0.39 is 0 Å². The summed E-state index contributed by atoms with van der Waals surface area (Å²) in [5.41, 5.74) is 17.3. The van der Waals surface area contributed by atoms with Gasteiger partial charge in [0.25, 0.3) is 0 Å². The molecule has 0 aliphatic carbocycles. The number of hydrogen-bond donors (Lipinski definition) is 3. The summed E-state index contributed by atoms with van der Waals surface area (Å²) in [6.07, 6.45) is 0. The first-order valence-corrected chi connectivity index (χ1v) is 5.55. The molecule has 2 aromatic rings. The first-order chi connectivity index (χ1) is 8.06. The largest absolute Gasteiger partial charge is 0.399 e. The summed E-state index contributed by atoms with van der Waals surface area (Å²) in [6, 6.07) is 11.7. The number of anilines is 4. The fourth-order valence-corrected chi connectivity index (χ4v) is 1.67. The monoisotopic (exact) mass is 227 g/mol. The summed E-state index contributed by atoms with van der Waals surface area (Å²) in [5.74, 6) is 0. The predicted octanol–water partition coefficient (Wildman–Crippen LogP) is 3.21. The molecular weight excluding hydrogens is 210 g/mol. The Morgan fingerprint density at radius 3 is 2.29 bits per heavy atom. The van der Waals surface area contributed by atoms with Crippen LogP contribution in [-0.2, 0) is 0 Å². The fourth-order valence-electron chi connectivity index (χ4n) is 1.67. The molecular formula is C14H17N3. The van der Waals surface area contributed by atoms with Crippen LogP contribution in [0.5, 0.6) is 0 Å².